The summed E-state index contributed by atoms with van der Waals surface area (Å²) in [5.41, 5.74) is 1.69. The predicted molar refractivity (Wildman–Crippen MR) is 113 cm³/mol. The molecule has 1 aliphatic carbocycles. The Balaban J connectivity index is 0.000000139. The molecule has 0 amide bonds. The van der Waals surface area contributed by atoms with Crippen LogP contribution >= 0.6 is 0 Å². The van der Waals surface area contributed by atoms with E-state index < -0.39 is 6.61 Å². The third kappa shape index (κ3) is 4.54. The molecule has 2 atom stereocenters. The summed E-state index contributed by atoms with van der Waals surface area (Å²) in [6, 6.07) is 6.96. The Morgan fingerprint density at radius 3 is 2.70 bits per heavy atom. The number of aryl methyl sites for hydroxylation is 1. The molecule has 4 heterocycles. The van der Waals surface area contributed by atoms with Gasteiger partial charge in [-0.2, -0.15) is 13.8 Å². The van der Waals surface area contributed by atoms with E-state index in [1.807, 2.05) is 6.07 Å². The van der Waals surface area contributed by atoms with Crippen molar-refractivity contribution in [2.75, 3.05) is 18.0 Å². The summed E-state index contributed by atoms with van der Waals surface area (Å²) in [5.74, 6) is 2.27. The zero-order chi connectivity index (χ0) is 22.9. The number of hydrogen-bond donors (Lipinski definition) is 0. The maximum absolute atomic E-state index is 12.1. The molecule has 12 heteroatoms. The molecule has 0 radical (unpaired) electrons. The van der Waals surface area contributed by atoms with Crippen molar-refractivity contribution in [3.05, 3.63) is 59.5 Å². The number of rotatable bonds is 5. The zero-order valence-electron chi connectivity index (χ0n) is 17.7. The van der Waals surface area contributed by atoms with E-state index in [0.29, 0.717) is 17.1 Å². The maximum atomic E-state index is 12.1. The summed E-state index contributed by atoms with van der Waals surface area (Å²) in [6.07, 6.45) is 5.60. The highest BCUT2D eigenvalue weighted by atomic mass is 19.3. The van der Waals surface area contributed by atoms with E-state index in [9.17, 15) is 13.6 Å². The lowest BCUT2D eigenvalue weighted by molar-refractivity contribution is -0.0498. The van der Waals surface area contributed by atoms with Crippen molar-refractivity contribution in [2.45, 2.75) is 19.6 Å². The van der Waals surface area contributed by atoms with E-state index in [2.05, 4.69) is 29.7 Å². The van der Waals surface area contributed by atoms with Crippen molar-refractivity contribution in [2.24, 2.45) is 18.9 Å². The van der Waals surface area contributed by atoms with E-state index in [4.69, 9.17) is 4.52 Å². The highest BCUT2D eigenvalue weighted by Gasteiger charge is 2.45. The van der Waals surface area contributed by atoms with Gasteiger partial charge in [0.25, 0.3) is 5.56 Å². The van der Waals surface area contributed by atoms with Gasteiger partial charge in [0, 0.05) is 31.9 Å². The summed E-state index contributed by atoms with van der Waals surface area (Å²) in [6.45, 7) is -0.430. The molecule has 0 bridgehead atoms. The number of anilines is 1. The lowest BCUT2D eigenvalue weighted by Gasteiger charge is -2.20. The highest BCUT2D eigenvalue weighted by Crippen LogP contribution is 2.46. The van der Waals surface area contributed by atoms with Crippen molar-refractivity contribution < 1.29 is 18.0 Å². The summed E-state index contributed by atoms with van der Waals surface area (Å²) in [4.78, 5) is 26.3. The molecule has 2 aliphatic rings. The van der Waals surface area contributed by atoms with Gasteiger partial charge in [-0.3, -0.25) is 9.36 Å². The van der Waals surface area contributed by atoms with Crippen LogP contribution in [-0.4, -0.2) is 48.9 Å². The van der Waals surface area contributed by atoms with E-state index in [0.717, 1.165) is 30.6 Å². The number of benzene rings is 1. The first-order valence-corrected chi connectivity index (χ1v) is 10.4. The molecule has 3 aromatic heterocycles. The average molecular weight is 457 g/mol. The molecule has 4 aromatic rings. The Bertz CT molecular complexity index is 1290. The number of hydrogen-bond acceptors (Lipinski definition) is 8. The van der Waals surface area contributed by atoms with Gasteiger partial charge in [-0.25, -0.2) is 9.97 Å². The molecule has 1 aliphatic heterocycles. The number of fused-ring (bicyclic) bond motifs is 2. The minimum atomic E-state index is -2.75. The van der Waals surface area contributed by atoms with Crippen LogP contribution in [0.15, 0.2) is 52.6 Å². The normalized spacial score (nSPS) is 18.8. The van der Waals surface area contributed by atoms with Gasteiger partial charge in [0.15, 0.2) is 17.5 Å². The van der Waals surface area contributed by atoms with Gasteiger partial charge in [-0.05, 0) is 30.4 Å². The smallest absolute Gasteiger partial charge is 0.387 e. The SMILES string of the molecule is Cn1cnc2ncn(Cc3ncno3)c(=O)c21.FC(F)Oc1cccc(N2C[C@H]3C[C@H]3C2)c1. The second kappa shape index (κ2) is 8.60. The molecule has 0 spiro atoms. The molecule has 6 rings (SSSR count). The van der Waals surface area contributed by atoms with Crippen molar-refractivity contribution in [1.29, 1.82) is 0 Å². The van der Waals surface area contributed by atoms with Gasteiger partial charge >= 0.3 is 6.61 Å². The molecule has 1 saturated carbocycles. The largest absolute Gasteiger partial charge is 0.435 e. The monoisotopic (exact) mass is 457 g/mol. The number of alkyl halides is 2. The molecule has 1 saturated heterocycles. The first kappa shape index (κ1) is 21.0. The van der Waals surface area contributed by atoms with Gasteiger partial charge in [0.1, 0.15) is 18.6 Å². The molecule has 0 unspecified atom stereocenters. The summed E-state index contributed by atoms with van der Waals surface area (Å²) >= 11 is 0. The highest BCUT2D eigenvalue weighted by molar-refractivity contribution is 5.68. The standard InChI is InChI=1S/C12H13F2NO.C9H8N6O2/c13-12(14)16-11-3-1-2-10(5-11)15-6-8-4-9(8)7-15;1-14-4-11-8-7(14)9(16)15(5-12-8)2-6-10-3-13-17-6/h1-3,5,8-9,12H,4,6-7H2;3-5H,2H2,1H3/t8-,9+;. The fourth-order valence-corrected chi connectivity index (χ4v) is 4.06. The van der Waals surface area contributed by atoms with Crippen molar-refractivity contribution in [1.82, 2.24) is 29.2 Å². The van der Waals surface area contributed by atoms with Gasteiger partial charge in [-0.1, -0.05) is 11.2 Å². The molecular formula is C21H21F2N7O3. The van der Waals surface area contributed by atoms with Crippen molar-refractivity contribution in [3.8, 4) is 5.75 Å². The zero-order valence-corrected chi connectivity index (χ0v) is 17.7. The summed E-state index contributed by atoms with van der Waals surface area (Å²) in [7, 11) is 1.75. The molecule has 1 aromatic carbocycles. The van der Waals surface area contributed by atoms with Crippen LogP contribution < -0.4 is 15.2 Å². The molecule has 2 fully saturated rings. The van der Waals surface area contributed by atoms with Crippen LogP contribution in [0.4, 0.5) is 14.5 Å². The Hall–Kier alpha value is -3.83. The number of nitrogens with zero attached hydrogens (tertiary/aromatic N) is 7. The quantitative estimate of drug-likeness (QED) is 0.450. The summed E-state index contributed by atoms with van der Waals surface area (Å²) < 4.78 is 36.4. The van der Waals surface area contributed by atoms with Crippen molar-refractivity contribution >= 4 is 16.9 Å². The second-order valence-electron chi connectivity index (χ2n) is 8.08. The number of ether oxygens (including phenoxy) is 1. The molecule has 172 valence electrons. The Kier molecular flexibility index (Phi) is 5.48. The van der Waals surface area contributed by atoms with Crippen LogP contribution in [-0.2, 0) is 13.6 Å². The fraction of sp³-hybridized carbons (Fsp3) is 0.381. The van der Waals surface area contributed by atoms with Crippen LogP contribution in [0.3, 0.4) is 0 Å². The van der Waals surface area contributed by atoms with E-state index in [1.54, 1.807) is 36.1 Å². The second-order valence-corrected chi connectivity index (χ2v) is 8.08. The van der Waals surface area contributed by atoms with E-state index in [1.165, 1.54) is 23.6 Å². The van der Waals surface area contributed by atoms with Crippen LogP contribution in [0.1, 0.15) is 12.3 Å². The van der Waals surface area contributed by atoms with E-state index >= 15 is 0 Å². The molecular weight excluding hydrogens is 436 g/mol. The van der Waals surface area contributed by atoms with Crippen molar-refractivity contribution in [3.63, 3.8) is 0 Å². The topological polar surface area (TPSA) is 104 Å². The summed E-state index contributed by atoms with van der Waals surface area (Å²) in [5, 5.41) is 3.48. The molecule has 10 nitrogen and oxygen atoms in total. The Labute approximate surface area is 186 Å². The first-order chi connectivity index (χ1) is 16.0. The third-order valence-corrected chi connectivity index (χ3v) is 5.80. The maximum Gasteiger partial charge on any atom is 0.387 e. The van der Waals surface area contributed by atoms with Crippen LogP contribution in [0.5, 0.6) is 5.75 Å². The predicted octanol–water partition coefficient (Wildman–Crippen LogP) is 2.31. The van der Waals surface area contributed by atoms with Gasteiger partial charge in [-0.15, -0.1) is 0 Å². The van der Waals surface area contributed by atoms with Crippen LogP contribution in [0.25, 0.3) is 11.2 Å². The first-order valence-electron chi connectivity index (χ1n) is 10.4. The minimum absolute atomic E-state index is 0.187. The number of aromatic nitrogens is 6. The number of halogens is 2. The van der Waals surface area contributed by atoms with Gasteiger partial charge < -0.3 is 18.7 Å². The Morgan fingerprint density at radius 2 is 1.97 bits per heavy atom. The number of piperidine rings is 1. The number of imidazole rings is 1. The Morgan fingerprint density at radius 1 is 1.18 bits per heavy atom. The molecule has 0 N–H and O–H groups in total. The lowest BCUT2D eigenvalue weighted by atomic mass is 10.2. The van der Waals surface area contributed by atoms with Crippen LogP contribution in [0, 0.1) is 11.8 Å². The average Bonchev–Trinajstić information content (AvgIpc) is 3.19. The van der Waals surface area contributed by atoms with Gasteiger partial charge in [0.05, 0.1) is 6.33 Å². The van der Waals surface area contributed by atoms with Crippen LogP contribution in [0.2, 0.25) is 0 Å². The molecule has 33 heavy (non-hydrogen) atoms. The third-order valence-electron chi connectivity index (χ3n) is 5.80. The minimum Gasteiger partial charge on any atom is -0.435 e. The van der Waals surface area contributed by atoms with E-state index in [-0.39, 0.29) is 17.9 Å². The fourth-order valence-electron chi connectivity index (χ4n) is 4.06. The van der Waals surface area contributed by atoms with Gasteiger partial charge in [0.2, 0.25) is 5.89 Å². The lowest BCUT2D eigenvalue weighted by Crippen LogP contribution is -2.22.